The summed E-state index contributed by atoms with van der Waals surface area (Å²) in [6, 6.07) is 12.2. The molecule has 1 aliphatic heterocycles. The van der Waals surface area contributed by atoms with E-state index in [2.05, 4.69) is 20.1 Å². The van der Waals surface area contributed by atoms with Gasteiger partial charge in [0.15, 0.2) is 0 Å². The lowest BCUT2D eigenvalue weighted by molar-refractivity contribution is -0.134. The van der Waals surface area contributed by atoms with E-state index in [1.165, 1.54) is 30.3 Å². The summed E-state index contributed by atoms with van der Waals surface area (Å²) in [5.41, 5.74) is 2.05. The summed E-state index contributed by atoms with van der Waals surface area (Å²) in [4.78, 5) is 22.9. The molecule has 0 radical (unpaired) electrons. The van der Waals surface area contributed by atoms with Gasteiger partial charge in [-0.25, -0.2) is 18.0 Å². The molecular weight excluding hydrogens is 370 g/mol. The second kappa shape index (κ2) is 7.50. The highest BCUT2D eigenvalue weighted by Crippen LogP contribution is 2.20. The van der Waals surface area contributed by atoms with Gasteiger partial charge in [0.25, 0.3) is 10.0 Å². The molecule has 3 rings (SSSR count). The van der Waals surface area contributed by atoms with Crippen molar-refractivity contribution in [2.75, 3.05) is 16.6 Å². The van der Waals surface area contributed by atoms with Crippen molar-refractivity contribution in [1.29, 1.82) is 0 Å². The molecule has 0 saturated heterocycles. The number of amides is 2. The van der Waals surface area contributed by atoms with Gasteiger partial charge in [-0.05, 0) is 42.8 Å². The highest BCUT2D eigenvalue weighted by Gasteiger charge is 2.17. The van der Waals surface area contributed by atoms with E-state index in [9.17, 15) is 18.0 Å². The number of para-hydroxylation sites is 1. The molecule has 1 aliphatic rings. The molecule has 1 heterocycles. The first-order chi connectivity index (χ1) is 12.8. The van der Waals surface area contributed by atoms with Gasteiger partial charge in [-0.2, -0.15) is 0 Å². The van der Waals surface area contributed by atoms with E-state index in [1.807, 2.05) is 19.1 Å². The van der Waals surface area contributed by atoms with E-state index in [-0.39, 0.29) is 11.5 Å². The normalized spacial score (nSPS) is 13.5. The number of cyclic esters (lactones) is 1. The number of sulfonamides is 1. The van der Waals surface area contributed by atoms with Crippen molar-refractivity contribution in [1.82, 2.24) is 5.32 Å². The molecule has 8 nitrogen and oxygen atoms in total. The molecule has 2 aromatic carbocycles. The van der Waals surface area contributed by atoms with Gasteiger partial charge >= 0.3 is 12.0 Å². The second-order valence-electron chi connectivity index (χ2n) is 5.80. The van der Waals surface area contributed by atoms with Crippen LogP contribution in [0.5, 0.6) is 0 Å². The van der Waals surface area contributed by atoms with Gasteiger partial charge < -0.3 is 15.4 Å². The summed E-state index contributed by atoms with van der Waals surface area (Å²) in [7, 11) is -3.75. The molecule has 0 aromatic heterocycles. The Morgan fingerprint density at radius 1 is 1.04 bits per heavy atom. The smallest absolute Gasteiger partial charge is 0.333 e. The monoisotopic (exact) mass is 387 g/mol. The third kappa shape index (κ3) is 4.64. The van der Waals surface area contributed by atoms with Crippen molar-refractivity contribution >= 4 is 33.4 Å². The predicted octanol–water partition coefficient (Wildman–Crippen LogP) is 2.36. The van der Waals surface area contributed by atoms with Crippen LogP contribution in [0.1, 0.15) is 5.56 Å². The van der Waals surface area contributed by atoms with Crippen LogP contribution in [0, 0.1) is 6.92 Å². The summed E-state index contributed by atoms with van der Waals surface area (Å²) in [6.07, 6.45) is 1.19. The fourth-order valence-electron chi connectivity index (χ4n) is 2.36. The minimum absolute atomic E-state index is 0.00794. The average molecular weight is 387 g/mol. The van der Waals surface area contributed by atoms with Crippen LogP contribution in [-0.4, -0.2) is 27.0 Å². The summed E-state index contributed by atoms with van der Waals surface area (Å²) >= 11 is 0. The first kappa shape index (κ1) is 18.5. The van der Waals surface area contributed by atoms with Crippen molar-refractivity contribution in [3.05, 3.63) is 65.9 Å². The molecule has 0 bridgehead atoms. The number of anilines is 2. The lowest BCUT2D eigenvalue weighted by atomic mass is 10.2. The summed E-state index contributed by atoms with van der Waals surface area (Å²) in [5, 5.41) is 5.02. The van der Waals surface area contributed by atoms with Crippen LogP contribution in [0.3, 0.4) is 0 Å². The Balaban J connectivity index is 1.66. The molecule has 2 aromatic rings. The van der Waals surface area contributed by atoms with Gasteiger partial charge in [0.2, 0.25) is 0 Å². The van der Waals surface area contributed by atoms with E-state index in [0.717, 1.165) is 5.56 Å². The number of urea groups is 1. The van der Waals surface area contributed by atoms with Crippen LogP contribution >= 0.6 is 0 Å². The van der Waals surface area contributed by atoms with E-state index in [0.29, 0.717) is 17.1 Å². The lowest BCUT2D eigenvalue weighted by Gasteiger charge is -2.11. The Bertz CT molecular complexity index is 1010. The zero-order chi connectivity index (χ0) is 19.4. The Kier molecular flexibility index (Phi) is 5.13. The molecule has 0 fully saturated rings. The highest BCUT2D eigenvalue weighted by atomic mass is 32.2. The van der Waals surface area contributed by atoms with Crippen LogP contribution in [0.25, 0.3) is 0 Å². The second-order valence-corrected chi connectivity index (χ2v) is 7.48. The quantitative estimate of drug-likeness (QED) is 0.682. The molecule has 27 heavy (non-hydrogen) atoms. The minimum atomic E-state index is -3.75. The Labute approximate surface area is 156 Å². The van der Waals surface area contributed by atoms with Crippen LogP contribution in [0.2, 0.25) is 0 Å². The number of hydrogen-bond donors (Lipinski definition) is 3. The van der Waals surface area contributed by atoms with Crippen molar-refractivity contribution in [2.24, 2.45) is 0 Å². The van der Waals surface area contributed by atoms with Gasteiger partial charge in [-0.15, -0.1) is 0 Å². The van der Waals surface area contributed by atoms with E-state index >= 15 is 0 Å². The van der Waals surface area contributed by atoms with Gasteiger partial charge in [-0.3, -0.25) is 4.72 Å². The maximum atomic E-state index is 12.5. The first-order valence-corrected chi connectivity index (χ1v) is 9.46. The Hall–Kier alpha value is -3.33. The SMILES string of the molecule is Cc1ccccc1NS(=O)(=O)c1ccc(NC(=O)NC2=CC(=O)OC2)cc1. The number of hydrogen-bond acceptors (Lipinski definition) is 5. The molecule has 0 spiro atoms. The number of benzene rings is 2. The van der Waals surface area contributed by atoms with Crippen molar-refractivity contribution in [2.45, 2.75) is 11.8 Å². The van der Waals surface area contributed by atoms with Gasteiger partial charge in [0.05, 0.1) is 16.3 Å². The van der Waals surface area contributed by atoms with Crippen LogP contribution in [0.4, 0.5) is 16.2 Å². The number of nitrogens with one attached hydrogen (secondary N) is 3. The summed E-state index contributed by atoms with van der Waals surface area (Å²) < 4.78 is 32.2. The summed E-state index contributed by atoms with van der Waals surface area (Å²) in [5.74, 6) is -0.513. The number of carbonyl (C=O) groups is 2. The molecule has 0 atom stereocenters. The lowest BCUT2D eigenvalue weighted by Crippen LogP contribution is -2.28. The molecule has 140 valence electrons. The number of esters is 1. The van der Waals surface area contributed by atoms with E-state index in [1.54, 1.807) is 12.1 Å². The molecule has 9 heteroatoms. The van der Waals surface area contributed by atoms with Crippen LogP contribution in [0.15, 0.2) is 65.2 Å². The molecule has 0 saturated carbocycles. The van der Waals surface area contributed by atoms with Gasteiger partial charge in [-0.1, -0.05) is 18.2 Å². The fourth-order valence-corrected chi connectivity index (χ4v) is 3.49. The van der Waals surface area contributed by atoms with Crippen LogP contribution < -0.4 is 15.4 Å². The average Bonchev–Trinajstić information content (AvgIpc) is 3.02. The third-order valence-electron chi connectivity index (χ3n) is 3.75. The maximum Gasteiger partial charge on any atom is 0.333 e. The molecule has 0 aliphatic carbocycles. The van der Waals surface area contributed by atoms with E-state index in [4.69, 9.17) is 0 Å². The number of rotatable bonds is 5. The largest absolute Gasteiger partial charge is 0.456 e. The molecule has 3 N–H and O–H groups in total. The van der Waals surface area contributed by atoms with Crippen molar-refractivity contribution in [3.8, 4) is 0 Å². The molecule has 0 unspecified atom stereocenters. The van der Waals surface area contributed by atoms with Gasteiger partial charge in [0.1, 0.15) is 6.61 Å². The predicted molar refractivity (Wildman–Crippen MR) is 99.6 cm³/mol. The standard InChI is InChI=1S/C18H17N3O5S/c1-12-4-2-3-5-16(12)21-27(24,25)15-8-6-13(7-9-15)19-18(23)20-14-10-17(22)26-11-14/h2-10,21H,11H2,1H3,(H2,19,20,23). The minimum Gasteiger partial charge on any atom is -0.456 e. The zero-order valence-electron chi connectivity index (χ0n) is 14.4. The number of carbonyl (C=O) groups excluding carboxylic acids is 2. The Morgan fingerprint density at radius 2 is 1.74 bits per heavy atom. The van der Waals surface area contributed by atoms with Crippen molar-refractivity contribution < 1.29 is 22.7 Å². The number of aryl methyl sites for hydroxylation is 1. The molecular formula is C18H17N3O5S. The van der Waals surface area contributed by atoms with Crippen molar-refractivity contribution in [3.63, 3.8) is 0 Å². The maximum absolute atomic E-state index is 12.5. The fraction of sp³-hybridized carbons (Fsp3) is 0.111. The van der Waals surface area contributed by atoms with Crippen LogP contribution in [-0.2, 0) is 19.6 Å². The third-order valence-corrected chi connectivity index (χ3v) is 5.13. The number of ether oxygens (including phenoxy) is 1. The first-order valence-electron chi connectivity index (χ1n) is 7.97. The molecule has 2 amide bonds. The zero-order valence-corrected chi connectivity index (χ0v) is 15.2. The van der Waals surface area contributed by atoms with Gasteiger partial charge in [0, 0.05) is 11.8 Å². The Morgan fingerprint density at radius 3 is 2.37 bits per heavy atom. The highest BCUT2D eigenvalue weighted by molar-refractivity contribution is 7.92. The topological polar surface area (TPSA) is 114 Å². The summed E-state index contributed by atoms with van der Waals surface area (Å²) in [6.45, 7) is 1.82. The van der Waals surface area contributed by atoms with E-state index < -0.39 is 22.0 Å².